The molecule has 8 heteroatoms. The molecule has 1 aromatic carbocycles. The molecule has 2 aliphatic heterocycles. The van der Waals surface area contributed by atoms with Crippen molar-refractivity contribution >= 4 is 22.6 Å². The van der Waals surface area contributed by atoms with Crippen LogP contribution in [0, 0.1) is 5.92 Å². The molecule has 1 saturated heterocycles. The quantitative estimate of drug-likeness (QED) is 0.774. The third-order valence-electron chi connectivity index (χ3n) is 4.61. The highest BCUT2D eigenvalue weighted by molar-refractivity contribution is 6.01. The molecule has 2 aliphatic rings. The monoisotopic (exact) mass is 357 g/mol. The Hall–Kier alpha value is -2.87. The highest BCUT2D eigenvalue weighted by Crippen LogP contribution is 2.31. The van der Waals surface area contributed by atoms with Gasteiger partial charge in [-0.25, -0.2) is 4.98 Å². The van der Waals surface area contributed by atoms with Gasteiger partial charge in [-0.05, 0) is 30.0 Å². The second-order valence-electron chi connectivity index (χ2n) is 6.42. The largest absolute Gasteiger partial charge is 0.490 e. The summed E-state index contributed by atoms with van der Waals surface area (Å²) >= 11 is 0. The lowest BCUT2D eigenvalue weighted by Gasteiger charge is -2.16. The Labute approximate surface area is 149 Å². The Balaban J connectivity index is 1.72. The highest BCUT2D eigenvalue weighted by atomic mass is 16.5. The van der Waals surface area contributed by atoms with Crippen LogP contribution in [0.3, 0.4) is 0 Å². The summed E-state index contributed by atoms with van der Waals surface area (Å²) in [6.07, 6.45) is 2.26. The molecule has 0 aliphatic carbocycles. The van der Waals surface area contributed by atoms with Gasteiger partial charge in [-0.1, -0.05) is 0 Å². The van der Waals surface area contributed by atoms with Gasteiger partial charge in [0.1, 0.15) is 19.0 Å². The number of primary amides is 1. The standard InChI is InChI=1S/C18H19N3O5/c19-16(22)14-6-10-1-2-20-18-13(10)7-15(14)25-4-3-24-8-11-5-12(9-26-18)21-17(11)23/h1-2,6-7,11-12H,3-5,8-9H2,(H2,19,22)(H,21,23)/t11-,12+/m1/s1. The molecule has 2 amide bonds. The van der Waals surface area contributed by atoms with Crippen molar-refractivity contribution in [2.75, 3.05) is 26.4 Å². The van der Waals surface area contributed by atoms with Crippen molar-refractivity contribution in [2.24, 2.45) is 11.7 Å². The second kappa shape index (κ2) is 6.80. The van der Waals surface area contributed by atoms with Crippen LogP contribution in [0.5, 0.6) is 11.6 Å². The number of rotatable bonds is 1. The van der Waals surface area contributed by atoms with Gasteiger partial charge in [0.05, 0.1) is 30.7 Å². The Morgan fingerprint density at radius 2 is 2.12 bits per heavy atom. The van der Waals surface area contributed by atoms with E-state index in [0.717, 1.165) is 5.39 Å². The van der Waals surface area contributed by atoms with Gasteiger partial charge in [0.25, 0.3) is 5.91 Å². The van der Waals surface area contributed by atoms with E-state index in [9.17, 15) is 9.59 Å². The molecule has 2 atom stereocenters. The average molecular weight is 357 g/mol. The molecule has 136 valence electrons. The van der Waals surface area contributed by atoms with E-state index < -0.39 is 5.91 Å². The average Bonchev–Trinajstić information content (AvgIpc) is 2.98. The van der Waals surface area contributed by atoms with Gasteiger partial charge < -0.3 is 25.3 Å². The van der Waals surface area contributed by atoms with Gasteiger partial charge in [0.2, 0.25) is 11.8 Å². The van der Waals surface area contributed by atoms with Crippen LogP contribution in [0.4, 0.5) is 0 Å². The summed E-state index contributed by atoms with van der Waals surface area (Å²) in [5.74, 6) is -0.0162. The van der Waals surface area contributed by atoms with E-state index in [1.165, 1.54) is 0 Å². The van der Waals surface area contributed by atoms with E-state index in [2.05, 4.69) is 10.3 Å². The SMILES string of the molecule is NC(=O)c1cc2ccnc3c2cc1OCCOC[C@H]1C[C@@H](CO3)NC1=O. The lowest BCUT2D eigenvalue weighted by atomic mass is 10.1. The summed E-state index contributed by atoms with van der Waals surface area (Å²) in [5, 5.41) is 4.41. The zero-order valence-electron chi connectivity index (χ0n) is 14.1. The summed E-state index contributed by atoms with van der Waals surface area (Å²) in [5.41, 5.74) is 5.77. The maximum atomic E-state index is 12.0. The molecule has 0 unspecified atom stereocenters. The number of nitrogens with two attached hydrogens (primary N) is 1. The van der Waals surface area contributed by atoms with Gasteiger partial charge in [-0.2, -0.15) is 0 Å². The van der Waals surface area contributed by atoms with Crippen LogP contribution in [0.1, 0.15) is 16.8 Å². The lowest BCUT2D eigenvalue weighted by molar-refractivity contribution is -0.124. The molecule has 3 heterocycles. The number of carbonyl (C=O) groups is 2. The van der Waals surface area contributed by atoms with Crippen molar-refractivity contribution < 1.29 is 23.8 Å². The highest BCUT2D eigenvalue weighted by Gasteiger charge is 2.32. The number of benzene rings is 1. The maximum absolute atomic E-state index is 12.0. The summed E-state index contributed by atoms with van der Waals surface area (Å²) in [6, 6.07) is 5.07. The van der Waals surface area contributed by atoms with E-state index >= 15 is 0 Å². The van der Waals surface area contributed by atoms with Crippen LogP contribution in [0.2, 0.25) is 0 Å². The lowest BCUT2D eigenvalue weighted by Crippen LogP contribution is -2.31. The first-order valence-electron chi connectivity index (χ1n) is 8.48. The van der Waals surface area contributed by atoms with E-state index in [1.807, 2.05) is 0 Å². The minimum atomic E-state index is -0.573. The van der Waals surface area contributed by atoms with Crippen LogP contribution < -0.4 is 20.5 Å². The molecule has 0 radical (unpaired) electrons. The van der Waals surface area contributed by atoms with E-state index in [4.69, 9.17) is 19.9 Å². The van der Waals surface area contributed by atoms with Crippen LogP contribution in [-0.2, 0) is 9.53 Å². The predicted molar refractivity (Wildman–Crippen MR) is 92.1 cm³/mol. The molecule has 1 fully saturated rings. The fourth-order valence-corrected chi connectivity index (χ4v) is 3.30. The molecule has 4 rings (SSSR count). The normalized spacial score (nSPS) is 23.0. The second-order valence-corrected chi connectivity index (χ2v) is 6.42. The number of amides is 2. The van der Waals surface area contributed by atoms with Gasteiger partial charge in [0.15, 0.2) is 0 Å². The molecule has 0 spiro atoms. The fraction of sp³-hybridized carbons (Fsp3) is 0.389. The van der Waals surface area contributed by atoms with Gasteiger partial charge >= 0.3 is 0 Å². The number of aromatic nitrogens is 1. The van der Waals surface area contributed by atoms with Crippen molar-refractivity contribution in [1.29, 1.82) is 0 Å². The van der Waals surface area contributed by atoms with Crippen molar-refractivity contribution in [2.45, 2.75) is 12.5 Å². The number of fused-ring (bicyclic) bond motifs is 3. The minimum absolute atomic E-state index is 0.0304. The van der Waals surface area contributed by atoms with E-state index in [0.29, 0.717) is 48.8 Å². The Morgan fingerprint density at radius 3 is 2.96 bits per heavy atom. The Morgan fingerprint density at radius 1 is 1.23 bits per heavy atom. The zero-order valence-corrected chi connectivity index (χ0v) is 14.1. The first-order valence-corrected chi connectivity index (χ1v) is 8.48. The predicted octanol–water partition coefficient (Wildman–Crippen LogP) is 0.626. The molecule has 3 N–H and O–H groups in total. The number of nitrogens with zero attached hydrogens (tertiary/aromatic N) is 1. The topological polar surface area (TPSA) is 113 Å². The summed E-state index contributed by atoms with van der Waals surface area (Å²) < 4.78 is 17.1. The Kier molecular flexibility index (Phi) is 4.34. The smallest absolute Gasteiger partial charge is 0.252 e. The molecule has 4 bridgehead atoms. The number of nitrogens with one attached hydrogen (secondary N) is 1. The molecule has 1 aromatic heterocycles. The Bertz CT molecular complexity index is 869. The van der Waals surface area contributed by atoms with Crippen molar-refractivity contribution in [3.05, 3.63) is 30.0 Å². The summed E-state index contributed by atoms with van der Waals surface area (Å²) in [4.78, 5) is 28.1. The first-order chi connectivity index (χ1) is 12.6. The van der Waals surface area contributed by atoms with Crippen molar-refractivity contribution in [1.82, 2.24) is 10.3 Å². The number of carbonyl (C=O) groups excluding carboxylic acids is 2. The van der Waals surface area contributed by atoms with Gasteiger partial charge in [-0.3, -0.25) is 9.59 Å². The van der Waals surface area contributed by atoms with Crippen molar-refractivity contribution in [3.63, 3.8) is 0 Å². The zero-order chi connectivity index (χ0) is 18.1. The fourth-order valence-electron chi connectivity index (χ4n) is 3.30. The van der Waals surface area contributed by atoms with E-state index in [1.54, 1.807) is 24.4 Å². The summed E-state index contributed by atoms with van der Waals surface area (Å²) in [7, 11) is 0. The van der Waals surface area contributed by atoms with Crippen molar-refractivity contribution in [3.8, 4) is 11.6 Å². The molecule has 8 nitrogen and oxygen atoms in total. The third kappa shape index (κ3) is 3.15. The third-order valence-corrected chi connectivity index (χ3v) is 4.61. The van der Waals surface area contributed by atoms with Gasteiger partial charge in [0, 0.05) is 11.6 Å². The van der Waals surface area contributed by atoms with Crippen LogP contribution in [0.25, 0.3) is 10.8 Å². The molecular formula is C18H19N3O5. The summed E-state index contributed by atoms with van der Waals surface area (Å²) in [6.45, 7) is 1.17. The van der Waals surface area contributed by atoms with Gasteiger partial charge in [-0.15, -0.1) is 0 Å². The van der Waals surface area contributed by atoms with Crippen LogP contribution >= 0.6 is 0 Å². The minimum Gasteiger partial charge on any atom is -0.490 e. The molecule has 26 heavy (non-hydrogen) atoms. The number of hydrogen-bond acceptors (Lipinski definition) is 6. The van der Waals surface area contributed by atoms with Crippen LogP contribution in [0.15, 0.2) is 24.4 Å². The first kappa shape index (κ1) is 16.6. The number of pyridine rings is 1. The van der Waals surface area contributed by atoms with Crippen LogP contribution in [-0.4, -0.2) is 49.3 Å². The molecular weight excluding hydrogens is 338 g/mol. The number of ether oxygens (including phenoxy) is 3. The number of hydrogen-bond donors (Lipinski definition) is 2. The van der Waals surface area contributed by atoms with E-state index in [-0.39, 0.29) is 24.5 Å². The maximum Gasteiger partial charge on any atom is 0.252 e. The molecule has 2 aromatic rings. The molecule has 0 saturated carbocycles.